The van der Waals surface area contributed by atoms with Crippen LogP contribution in [0.25, 0.3) is 21.5 Å². The minimum Gasteiger partial charge on any atom is -0.748 e. The van der Waals surface area contributed by atoms with Crippen LogP contribution in [0.4, 0.5) is 0 Å². The standard InChI is InChI=1S/C13H14.C10H8O3S.C2H4.CH4O3S.HI.2Na/c1-3-11-9-8-10(2)12-6-4-5-7-13(11)12;11-14(12,13)10-6-5-8-3-1-2-4-9(8)7-10;1-2;1-5(2,3)4;;;/h4-9H,3H2,1-2H3;1-7H,(H,11,12,13);1-2H2;1H3,(H,2,3,4);1H;;/q;;;;;2*+1/p-2. The van der Waals surface area contributed by atoms with Crippen LogP contribution in [0.1, 0.15) is 18.1 Å². The van der Waals surface area contributed by atoms with Crippen molar-refractivity contribution in [2.75, 3.05) is 6.26 Å². The van der Waals surface area contributed by atoms with Crippen molar-refractivity contribution in [3.05, 3.63) is 103 Å². The largest absolute Gasteiger partial charge is 1.00 e. The number of hydrogen-bond donors (Lipinski definition) is 0. The first-order valence-electron chi connectivity index (χ1n) is 10.2. The van der Waals surface area contributed by atoms with Gasteiger partial charge >= 0.3 is 59.1 Å². The van der Waals surface area contributed by atoms with E-state index in [1.807, 2.05) is 12.1 Å². The summed E-state index contributed by atoms with van der Waals surface area (Å²) in [5, 5.41) is 4.47. The maximum absolute atomic E-state index is 10.7. The van der Waals surface area contributed by atoms with Gasteiger partial charge < -0.3 is 9.11 Å². The first-order chi connectivity index (χ1) is 15.9. The van der Waals surface area contributed by atoms with E-state index in [0.29, 0.717) is 6.26 Å². The molecule has 4 aromatic rings. The Bertz CT molecular complexity index is 1450. The Labute approximate surface area is 282 Å². The third kappa shape index (κ3) is 15.2. The third-order valence-corrected chi connectivity index (χ3v) is 5.45. The van der Waals surface area contributed by atoms with Crippen LogP contribution in [0.3, 0.4) is 0 Å². The van der Waals surface area contributed by atoms with Gasteiger partial charge in [0, 0.05) is 6.26 Å². The van der Waals surface area contributed by atoms with Gasteiger partial charge in [-0.25, -0.2) is 16.8 Å². The Morgan fingerprint density at radius 1 is 0.730 bits per heavy atom. The normalized spacial score (nSPS) is 9.86. The average Bonchev–Trinajstić information content (AvgIpc) is 2.79. The van der Waals surface area contributed by atoms with Crippen molar-refractivity contribution in [1.82, 2.24) is 0 Å². The van der Waals surface area contributed by atoms with E-state index in [2.05, 4.69) is 63.4 Å². The van der Waals surface area contributed by atoms with E-state index in [1.165, 1.54) is 34.0 Å². The minimum absolute atomic E-state index is 0. The van der Waals surface area contributed by atoms with Crippen LogP contribution in [-0.4, -0.2) is 32.2 Å². The average molecular weight is 675 g/mol. The Hall–Kier alpha value is -0.310. The molecule has 4 aromatic carbocycles. The van der Waals surface area contributed by atoms with Crippen LogP contribution in [0.2, 0.25) is 0 Å². The number of rotatable bonds is 2. The van der Waals surface area contributed by atoms with Crippen LogP contribution in [-0.2, 0) is 26.7 Å². The molecule has 6 nitrogen and oxygen atoms in total. The number of fused-ring (bicyclic) bond motifs is 2. The molecule has 0 aliphatic carbocycles. The van der Waals surface area contributed by atoms with Gasteiger partial charge in [-0.15, -0.1) is 37.1 Å². The molecule has 0 aliphatic heterocycles. The second-order valence-electron chi connectivity index (χ2n) is 7.11. The summed E-state index contributed by atoms with van der Waals surface area (Å²) >= 11 is 0. The number of halogens is 1. The predicted octanol–water partition coefficient (Wildman–Crippen LogP) is 0.0441. The van der Waals surface area contributed by atoms with E-state index in [9.17, 15) is 13.0 Å². The van der Waals surface area contributed by atoms with Gasteiger partial charge in [-0.2, -0.15) is 0 Å². The van der Waals surface area contributed by atoms with E-state index < -0.39 is 20.2 Å². The maximum Gasteiger partial charge on any atom is 1.00 e. The van der Waals surface area contributed by atoms with Gasteiger partial charge in [0.2, 0.25) is 0 Å². The van der Waals surface area contributed by atoms with Crippen molar-refractivity contribution in [3.8, 4) is 0 Å². The summed E-state index contributed by atoms with van der Waals surface area (Å²) < 4.78 is 59.4. The molecule has 0 aromatic heterocycles. The quantitative estimate of drug-likeness (QED) is 0.129. The summed E-state index contributed by atoms with van der Waals surface area (Å²) in [5.74, 6) is 0. The summed E-state index contributed by atoms with van der Waals surface area (Å²) in [4.78, 5) is -0.184. The fourth-order valence-corrected chi connectivity index (χ4v) is 3.65. The molecule has 4 rings (SSSR count). The van der Waals surface area contributed by atoms with Crippen LogP contribution in [0.15, 0.2) is 96.9 Å². The Balaban J connectivity index is -0.000000472. The van der Waals surface area contributed by atoms with Crippen molar-refractivity contribution in [1.29, 1.82) is 0 Å². The van der Waals surface area contributed by atoms with E-state index in [4.69, 9.17) is 13.0 Å². The van der Waals surface area contributed by atoms with Crippen molar-refractivity contribution in [2.24, 2.45) is 0 Å². The monoisotopic (exact) mass is 674 g/mol. The van der Waals surface area contributed by atoms with Crippen LogP contribution >= 0.6 is 24.0 Å². The smallest absolute Gasteiger partial charge is 0.748 e. The van der Waals surface area contributed by atoms with Crippen molar-refractivity contribution < 1.29 is 85.1 Å². The SMILES string of the molecule is C=C.CCc1ccc(C)c2ccccc12.CS(=O)(=O)[O-].I.O=S(=O)([O-])c1ccc2ccccc2c1.[Na+].[Na+]. The topological polar surface area (TPSA) is 114 Å². The van der Waals surface area contributed by atoms with Gasteiger partial charge in [0.05, 0.1) is 15.0 Å². The van der Waals surface area contributed by atoms with Gasteiger partial charge in [0.1, 0.15) is 10.1 Å². The van der Waals surface area contributed by atoms with Gasteiger partial charge in [-0.3, -0.25) is 0 Å². The molecule has 0 spiro atoms. The summed E-state index contributed by atoms with van der Waals surface area (Å²) in [6.07, 6.45) is 1.72. The zero-order valence-electron chi connectivity index (χ0n) is 21.8. The predicted molar refractivity (Wildman–Crippen MR) is 152 cm³/mol. The van der Waals surface area contributed by atoms with Gasteiger partial charge in [-0.05, 0) is 58.1 Å². The van der Waals surface area contributed by atoms with Crippen LogP contribution < -0.4 is 59.1 Å². The molecule has 0 heterocycles. The van der Waals surface area contributed by atoms with Gasteiger partial charge in [0.25, 0.3) is 0 Å². The molecule has 0 saturated carbocycles. The fraction of sp³-hybridized carbons (Fsp3) is 0.154. The Morgan fingerprint density at radius 3 is 1.68 bits per heavy atom. The second kappa shape index (κ2) is 19.7. The fourth-order valence-electron chi connectivity index (χ4n) is 3.14. The van der Waals surface area contributed by atoms with Crippen molar-refractivity contribution in [3.63, 3.8) is 0 Å². The zero-order chi connectivity index (χ0) is 25.9. The molecule has 0 aliphatic rings. The summed E-state index contributed by atoms with van der Waals surface area (Å²) in [5.41, 5.74) is 2.81. The van der Waals surface area contributed by atoms with Gasteiger partial charge in [0.15, 0.2) is 0 Å². The van der Waals surface area contributed by atoms with E-state index in [1.54, 1.807) is 18.2 Å². The third-order valence-electron chi connectivity index (χ3n) is 4.62. The van der Waals surface area contributed by atoms with E-state index >= 15 is 0 Å². The molecule has 11 heteroatoms. The molecule has 190 valence electrons. The molecule has 0 saturated heterocycles. The minimum atomic E-state index is -4.34. The molecular formula is C26H29INa2O6S2. The molecular weight excluding hydrogens is 645 g/mol. The van der Waals surface area contributed by atoms with Crippen molar-refractivity contribution in [2.45, 2.75) is 25.2 Å². The Kier molecular flexibility index (Phi) is 21.9. The maximum atomic E-state index is 10.7. The first-order valence-corrected chi connectivity index (χ1v) is 13.5. The molecule has 0 radical (unpaired) electrons. The molecule has 37 heavy (non-hydrogen) atoms. The first kappa shape index (κ1) is 41.2. The molecule has 0 amide bonds. The molecule has 0 N–H and O–H groups in total. The van der Waals surface area contributed by atoms with Crippen molar-refractivity contribution >= 4 is 65.8 Å². The summed E-state index contributed by atoms with van der Waals surface area (Å²) in [6.45, 7) is 10.4. The molecule has 0 unspecified atom stereocenters. The Morgan fingerprint density at radius 2 is 1.19 bits per heavy atom. The molecule has 0 bridgehead atoms. The number of aryl methyl sites for hydroxylation is 2. The zero-order valence-corrected chi connectivity index (χ0v) is 29.8. The van der Waals surface area contributed by atoms with E-state index in [-0.39, 0.29) is 88.0 Å². The number of benzene rings is 4. The molecule has 0 atom stereocenters. The molecule has 0 fully saturated rings. The summed E-state index contributed by atoms with van der Waals surface area (Å²) in [6, 6.07) is 24.7. The number of hydrogen-bond acceptors (Lipinski definition) is 6. The van der Waals surface area contributed by atoms with E-state index in [0.717, 1.165) is 17.2 Å². The van der Waals surface area contributed by atoms with Crippen LogP contribution in [0, 0.1) is 6.92 Å². The second-order valence-corrected chi connectivity index (χ2v) is 9.90. The summed E-state index contributed by atoms with van der Waals surface area (Å²) in [7, 11) is -8.26. The van der Waals surface area contributed by atoms with Crippen LogP contribution in [0.5, 0.6) is 0 Å². The van der Waals surface area contributed by atoms with Gasteiger partial charge in [-0.1, -0.05) is 73.7 Å².